The second kappa shape index (κ2) is 10.2. The lowest BCUT2D eigenvalue weighted by Gasteiger charge is -2.23. The lowest BCUT2D eigenvalue weighted by molar-refractivity contribution is 0.0940. The Bertz CT molecular complexity index is 1180. The van der Waals surface area contributed by atoms with Crippen molar-refractivity contribution in [1.82, 2.24) is 5.32 Å². The van der Waals surface area contributed by atoms with E-state index in [0.717, 1.165) is 18.2 Å². The van der Waals surface area contributed by atoms with Crippen LogP contribution in [0.5, 0.6) is 0 Å². The van der Waals surface area contributed by atoms with Gasteiger partial charge >= 0.3 is 0 Å². The highest BCUT2D eigenvalue weighted by Gasteiger charge is 2.20. The van der Waals surface area contributed by atoms with Crippen molar-refractivity contribution in [1.29, 1.82) is 0 Å². The average molecular weight is 471 g/mol. The largest absolute Gasteiger partial charge is 0.346 e. The van der Waals surface area contributed by atoms with Crippen molar-refractivity contribution in [3.05, 3.63) is 100 Å². The number of nitrogens with one attached hydrogen (secondary N) is 1. The monoisotopic (exact) mass is 470 g/mol. The number of aryl methyl sites for hydroxylation is 1. The van der Waals surface area contributed by atoms with E-state index in [9.17, 15) is 13.2 Å². The third kappa shape index (κ3) is 5.90. The number of rotatable bonds is 8. The zero-order valence-electron chi connectivity index (χ0n) is 18.4. The van der Waals surface area contributed by atoms with E-state index in [2.05, 4.69) is 24.4 Å². The van der Waals surface area contributed by atoms with Gasteiger partial charge in [-0.3, -0.25) is 9.10 Å². The lowest BCUT2D eigenvalue weighted by atomic mass is 10.0. The number of halogens is 1. The number of anilines is 1. The van der Waals surface area contributed by atoms with Crippen LogP contribution in [0.25, 0.3) is 0 Å². The van der Waals surface area contributed by atoms with E-state index in [4.69, 9.17) is 11.6 Å². The molecule has 0 saturated carbocycles. The summed E-state index contributed by atoms with van der Waals surface area (Å²) in [6.07, 6.45) is 2.12. The summed E-state index contributed by atoms with van der Waals surface area (Å²) in [6, 6.07) is 21.6. The van der Waals surface area contributed by atoms with Crippen LogP contribution in [0.15, 0.2) is 72.8 Å². The predicted molar refractivity (Wildman–Crippen MR) is 131 cm³/mol. The molecule has 32 heavy (non-hydrogen) atoms. The van der Waals surface area contributed by atoms with Crippen LogP contribution in [0.2, 0.25) is 5.02 Å². The Morgan fingerprint density at radius 3 is 2.19 bits per heavy atom. The minimum absolute atomic E-state index is 0.106. The second-order valence-corrected chi connectivity index (χ2v) is 10.0. The van der Waals surface area contributed by atoms with Gasteiger partial charge in [0.25, 0.3) is 5.91 Å². The highest BCUT2D eigenvalue weighted by Crippen LogP contribution is 2.25. The summed E-state index contributed by atoms with van der Waals surface area (Å²) < 4.78 is 26.1. The average Bonchev–Trinajstić information content (AvgIpc) is 2.78. The quantitative estimate of drug-likeness (QED) is 0.482. The maximum Gasteiger partial charge on any atom is 0.251 e. The third-order valence-electron chi connectivity index (χ3n) is 5.33. The van der Waals surface area contributed by atoms with E-state index in [1.807, 2.05) is 25.1 Å². The van der Waals surface area contributed by atoms with Crippen LogP contribution in [-0.4, -0.2) is 20.6 Å². The summed E-state index contributed by atoms with van der Waals surface area (Å²) in [5, 5.41) is 3.49. The van der Waals surface area contributed by atoms with Gasteiger partial charge in [0.05, 0.1) is 24.5 Å². The summed E-state index contributed by atoms with van der Waals surface area (Å²) in [7, 11) is -3.55. The normalized spacial score (nSPS) is 12.2. The molecule has 3 rings (SSSR count). The van der Waals surface area contributed by atoms with E-state index in [-0.39, 0.29) is 18.5 Å². The molecule has 1 N–H and O–H groups in total. The van der Waals surface area contributed by atoms with E-state index < -0.39 is 10.0 Å². The van der Waals surface area contributed by atoms with Gasteiger partial charge in [-0.25, -0.2) is 8.42 Å². The van der Waals surface area contributed by atoms with Crippen molar-refractivity contribution in [2.24, 2.45) is 0 Å². The molecule has 0 spiro atoms. The Balaban J connectivity index is 1.75. The molecule has 3 aromatic carbocycles. The molecule has 0 bridgehead atoms. The number of benzene rings is 3. The van der Waals surface area contributed by atoms with Crippen LogP contribution in [-0.2, 0) is 23.0 Å². The van der Waals surface area contributed by atoms with Gasteiger partial charge < -0.3 is 5.32 Å². The van der Waals surface area contributed by atoms with Crippen LogP contribution in [0.3, 0.4) is 0 Å². The molecule has 7 heteroatoms. The number of sulfonamides is 1. The zero-order valence-corrected chi connectivity index (χ0v) is 20.0. The second-order valence-electron chi connectivity index (χ2n) is 7.70. The van der Waals surface area contributed by atoms with Crippen molar-refractivity contribution in [3.8, 4) is 0 Å². The molecule has 0 radical (unpaired) electrons. The fraction of sp³-hybridized carbons (Fsp3) is 0.240. The lowest BCUT2D eigenvalue weighted by Crippen LogP contribution is -2.30. The molecule has 0 aromatic heterocycles. The Hall–Kier alpha value is -2.83. The summed E-state index contributed by atoms with van der Waals surface area (Å²) in [4.78, 5) is 12.7. The Morgan fingerprint density at radius 1 is 1.00 bits per heavy atom. The number of hydrogen-bond acceptors (Lipinski definition) is 3. The fourth-order valence-electron chi connectivity index (χ4n) is 3.37. The molecule has 5 nitrogen and oxygen atoms in total. The molecule has 0 aliphatic rings. The Labute approximate surface area is 195 Å². The standard InChI is InChI=1S/C25H27ClN2O3S/c1-4-19-9-11-20(12-10-19)18(2)27-25(29)21-13-15-23(16-14-21)28(32(3,30)31)17-22-7-5-6-8-24(22)26/h5-16,18H,4,17H2,1-3H3,(H,27,29)/t18-/m1/s1. The zero-order chi connectivity index (χ0) is 23.3. The highest BCUT2D eigenvalue weighted by atomic mass is 35.5. The van der Waals surface area contributed by atoms with Crippen LogP contribution in [0.1, 0.15) is 46.9 Å². The van der Waals surface area contributed by atoms with Crippen LogP contribution < -0.4 is 9.62 Å². The molecular formula is C25H27ClN2O3S. The SMILES string of the molecule is CCc1ccc([C@@H](C)NC(=O)c2ccc(N(Cc3ccccc3Cl)S(C)(=O)=O)cc2)cc1. The van der Waals surface area contributed by atoms with Gasteiger partial charge in [0.1, 0.15) is 0 Å². The third-order valence-corrected chi connectivity index (χ3v) is 6.83. The maximum atomic E-state index is 12.7. The highest BCUT2D eigenvalue weighted by molar-refractivity contribution is 7.92. The summed E-state index contributed by atoms with van der Waals surface area (Å²) >= 11 is 6.21. The first-order valence-electron chi connectivity index (χ1n) is 10.4. The minimum atomic E-state index is -3.55. The van der Waals surface area contributed by atoms with Gasteiger partial charge in [0.15, 0.2) is 0 Å². The molecule has 3 aromatic rings. The first-order chi connectivity index (χ1) is 15.2. The summed E-state index contributed by atoms with van der Waals surface area (Å²) in [6.45, 7) is 4.14. The smallest absolute Gasteiger partial charge is 0.251 e. The maximum absolute atomic E-state index is 12.7. The van der Waals surface area contributed by atoms with Crippen molar-refractivity contribution in [3.63, 3.8) is 0 Å². The van der Waals surface area contributed by atoms with Gasteiger partial charge in [-0.05, 0) is 60.4 Å². The Morgan fingerprint density at radius 2 is 1.62 bits per heavy atom. The predicted octanol–water partition coefficient (Wildman–Crippen LogP) is 5.36. The molecule has 0 aliphatic heterocycles. The molecule has 1 amide bonds. The van der Waals surface area contributed by atoms with Crippen molar-refractivity contribution < 1.29 is 13.2 Å². The topological polar surface area (TPSA) is 66.5 Å². The van der Waals surface area contributed by atoms with Gasteiger partial charge in [-0.15, -0.1) is 0 Å². The molecule has 0 saturated heterocycles. The van der Waals surface area contributed by atoms with Gasteiger partial charge in [0.2, 0.25) is 10.0 Å². The molecule has 0 aliphatic carbocycles. The van der Waals surface area contributed by atoms with Crippen LogP contribution in [0, 0.1) is 0 Å². The first kappa shape index (κ1) is 23.8. The van der Waals surface area contributed by atoms with E-state index in [1.54, 1.807) is 42.5 Å². The van der Waals surface area contributed by atoms with Crippen LogP contribution in [0.4, 0.5) is 5.69 Å². The molecule has 0 heterocycles. The number of amides is 1. The number of carbonyl (C=O) groups excluding carboxylic acids is 1. The first-order valence-corrected chi connectivity index (χ1v) is 12.6. The summed E-state index contributed by atoms with van der Waals surface area (Å²) in [5.41, 5.74) is 3.89. The molecule has 0 unspecified atom stereocenters. The number of hydrogen-bond donors (Lipinski definition) is 1. The van der Waals surface area contributed by atoms with Crippen molar-refractivity contribution >= 4 is 33.2 Å². The van der Waals surface area contributed by atoms with Crippen molar-refractivity contribution in [2.45, 2.75) is 32.9 Å². The molecule has 1 atom stereocenters. The number of nitrogens with zero attached hydrogens (tertiary/aromatic N) is 1. The van der Waals surface area contributed by atoms with Gasteiger partial charge in [0, 0.05) is 10.6 Å². The van der Waals surface area contributed by atoms with E-state index in [1.165, 1.54) is 9.87 Å². The Kier molecular flexibility index (Phi) is 7.59. The van der Waals surface area contributed by atoms with Gasteiger partial charge in [-0.2, -0.15) is 0 Å². The van der Waals surface area contributed by atoms with Crippen molar-refractivity contribution in [2.75, 3.05) is 10.6 Å². The summed E-state index contributed by atoms with van der Waals surface area (Å²) in [5.74, 6) is -0.222. The molecule has 0 fully saturated rings. The molecular weight excluding hydrogens is 444 g/mol. The molecule has 168 valence electrons. The minimum Gasteiger partial charge on any atom is -0.346 e. The fourth-order valence-corrected chi connectivity index (χ4v) is 4.44. The van der Waals surface area contributed by atoms with Crippen LogP contribution >= 0.6 is 11.6 Å². The number of carbonyl (C=O) groups is 1. The van der Waals surface area contributed by atoms with E-state index in [0.29, 0.717) is 21.8 Å². The van der Waals surface area contributed by atoms with Gasteiger partial charge in [-0.1, -0.05) is 61.0 Å². The van der Waals surface area contributed by atoms with E-state index >= 15 is 0 Å².